The Kier molecular flexibility index (Phi) is 5.55. The Morgan fingerprint density at radius 3 is 2.29 bits per heavy atom. The van der Waals surface area contributed by atoms with Crippen molar-refractivity contribution in [3.63, 3.8) is 0 Å². The summed E-state index contributed by atoms with van der Waals surface area (Å²) in [6.45, 7) is 5.45. The van der Waals surface area contributed by atoms with Crippen LogP contribution in [0.15, 0.2) is 24.3 Å². The van der Waals surface area contributed by atoms with E-state index < -0.39 is 38.8 Å². The highest BCUT2D eigenvalue weighted by atomic mass is 32.2. The van der Waals surface area contributed by atoms with Crippen molar-refractivity contribution in [2.75, 3.05) is 12.3 Å². The molecule has 3 nitrogen and oxygen atoms in total. The molecule has 1 aromatic carbocycles. The Labute approximate surface area is 124 Å². The van der Waals surface area contributed by atoms with Gasteiger partial charge in [0.1, 0.15) is 0 Å². The molecule has 0 spiro atoms. The van der Waals surface area contributed by atoms with Crippen LogP contribution in [-0.4, -0.2) is 27.2 Å². The van der Waals surface area contributed by atoms with Crippen LogP contribution in [0.1, 0.15) is 36.7 Å². The summed E-state index contributed by atoms with van der Waals surface area (Å²) in [7, 11) is -1.17. The zero-order valence-corrected chi connectivity index (χ0v) is 12.9. The van der Waals surface area contributed by atoms with Gasteiger partial charge >= 0.3 is 6.18 Å². The van der Waals surface area contributed by atoms with Crippen LogP contribution in [0.2, 0.25) is 0 Å². The first-order valence-electron chi connectivity index (χ1n) is 6.36. The van der Waals surface area contributed by atoms with Crippen LogP contribution in [0.3, 0.4) is 0 Å². The highest BCUT2D eigenvalue weighted by Crippen LogP contribution is 2.31. The SMILES string of the molecule is CC(C)(C)[S@@](=O)CCNC(=O)c1ccccc1C(F)(F)F. The average molecular weight is 321 g/mol. The maximum absolute atomic E-state index is 12.8. The number of carbonyl (C=O) groups excluding carboxylic acids is 1. The molecule has 1 amide bonds. The lowest BCUT2D eigenvalue weighted by atomic mass is 10.1. The second-order valence-electron chi connectivity index (χ2n) is 5.46. The van der Waals surface area contributed by atoms with Gasteiger partial charge in [-0.2, -0.15) is 13.2 Å². The summed E-state index contributed by atoms with van der Waals surface area (Å²) in [4.78, 5) is 11.8. The molecular formula is C14H18F3NO2S. The standard InChI is InChI=1S/C14H18F3NO2S/c1-13(2,3)21(20)9-8-18-12(19)10-6-4-5-7-11(10)14(15,16)17/h4-7H,8-9H2,1-3H3,(H,18,19)/t21-/m0/s1. The molecule has 0 saturated carbocycles. The van der Waals surface area contributed by atoms with E-state index in [1.807, 2.05) is 0 Å². The molecular weight excluding hydrogens is 303 g/mol. The van der Waals surface area contributed by atoms with E-state index in [1.54, 1.807) is 20.8 Å². The third-order valence-corrected chi connectivity index (χ3v) is 4.67. The molecule has 0 fully saturated rings. The fourth-order valence-electron chi connectivity index (χ4n) is 1.59. The summed E-state index contributed by atoms with van der Waals surface area (Å²) in [5.74, 6) is -0.613. The van der Waals surface area contributed by atoms with Gasteiger partial charge < -0.3 is 5.32 Å². The van der Waals surface area contributed by atoms with Crippen molar-refractivity contribution in [3.05, 3.63) is 35.4 Å². The number of rotatable bonds is 4. The van der Waals surface area contributed by atoms with Gasteiger partial charge in [0.2, 0.25) is 0 Å². The normalized spacial score (nSPS) is 13.8. The van der Waals surface area contributed by atoms with Crippen molar-refractivity contribution in [2.45, 2.75) is 31.7 Å². The molecule has 0 heterocycles. The van der Waals surface area contributed by atoms with E-state index in [-0.39, 0.29) is 12.3 Å². The first-order chi connectivity index (χ1) is 9.53. The minimum absolute atomic E-state index is 0.0644. The van der Waals surface area contributed by atoms with Crippen molar-refractivity contribution >= 4 is 16.7 Å². The molecule has 21 heavy (non-hydrogen) atoms. The summed E-state index contributed by atoms with van der Waals surface area (Å²) in [6, 6.07) is 4.59. The summed E-state index contributed by atoms with van der Waals surface area (Å²) >= 11 is 0. The predicted octanol–water partition coefficient (Wildman–Crippen LogP) is 2.98. The number of alkyl halides is 3. The van der Waals surface area contributed by atoms with E-state index in [1.165, 1.54) is 12.1 Å². The Morgan fingerprint density at radius 1 is 1.19 bits per heavy atom. The fraction of sp³-hybridized carbons (Fsp3) is 0.500. The van der Waals surface area contributed by atoms with E-state index >= 15 is 0 Å². The van der Waals surface area contributed by atoms with Crippen molar-refractivity contribution in [2.24, 2.45) is 0 Å². The summed E-state index contributed by atoms with van der Waals surface area (Å²) in [5, 5.41) is 2.38. The predicted molar refractivity (Wildman–Crippen MR) is 76.5 cm³/mol. The summed E-state index contributed by atoms with van der Waals surface area (Å²) in [5.41, 5.74) is -1.40. The van der Waals surface area contributed by atoms with E-state index in [2.05, 4.69) is 5.32 Å². The highest BCUT2D eigenvalue weighted by Gasteiger charge is 2.34. The van der Waals surface area contributed by atoms with Gasteiger partial charge in [0.25, 0.3) is 5.91 Å². The van der Waals surface area contributed by atoms with Crippen LogP contribution in [-0.2, 0) is 17.0 Å². The van der Waals surface area contributed by atoms with Crippen LogP contribution in [0.25, 0.3) is 0 Å². The second-order valence-corrected chi connectivity index (χ2v) is 7.79. The Balaban J connectivity index is 2.72. The number of hydrogen-bond acceptors (Lipinski definition) is 2. The van der Waals surface area contributed by atoms with Gasteiger partial charge in [-0.25, -0.2) is 0 Å². The van der Waals surface area contributed by atoms with Crippen molar-refractivity contribution in [1.29, 1.82) is 0 Å². The third-order valence-electron chi connectivity index (χ3n) is 2.73. The van der Waals surface area contributed by atoms with Crippen molar-refractivity contribution < 1.29 is 22.2 Å². The lowest BCUT2D eigenvalue weighted by Gasteiger charge is -2.18. The number of amides is 1. The van der Waals surface area contributed by atoms with Gasteiger partial charge in [0.15, 0.2) is 0 Å². The van der Waals surface area contributed by atoms with Crippen molar-refractivity contribution in [1.82, 2.24) is 5.32 Å². The number of halogens is 3. The maximum Gasteiger partial charge on any atom is 0.417 e. The van der Waals surface area contributed by atoms with Crippen LogP contribution < -0.4 is 5.32 Å². The molecule has 7 heteroatoms. The van der Waals surface area contributed by atoms with Gasteiger partial charge in [-0.05, 0) is 32.9 Å². The Morgan fingerprint density at radius 2 is 1.76 bits per heavy atom. The van der Waals surface area contributed by atoms with Crippen LogP contribution in [0.5, 0.6) is 0 Å². The summed E-state index contributed by atoms with van der Waals surface area (Å²) < 4.78 is 49.7. The minimum Gasteiger partial charge on any atom is -0.351 e. The first-order valence-corrected chi connectivity index (χ1v) is 7.68. The van der Waals surface area contributed by atoms with Crippen LogP contribution in [0, 0.1) is 0 Å². The molecule has 1 N–H and O–H groups in total. The number of nitrogens with one attached hydrogen (secondary N) is 1. The zero-order valence-electron chi connectivity index (χ0n) is 12.1. The average Bonchev–Trinajstić information content (AvgIpc) is 2.36. The zero-order chi connectivity index (χ0) is 16.3. The van der Waals surface area contributed by atoms with Gasteiger partial charge in [0, 0.05) is 27.8 Å². The van der Waals surface area contributed by atoms with Gasteiger partial charge in [0.05, 0.1) is 11.1 Å². The lowest BCUT2D eigenvalue weighted by Crippen LogP contribution is -2.33. The fourth-order valence-corrected chi connectivity index (χ4v) is 2.49. The molecule has 0 bridgehead atoms. The van der Waals surface area contributed by atoms with E-state index in [4.69, 9.17) is 0 Å². The largest absolute Gasteiger partial charge is 0.417 e. The number of hydrogen-bond donors (Lipinski definition) is 1. The Bertz CT molecular complexity index is 536. The smallest absolute Gasteiger partial charge is 0.351 e. The first kappa shape index (κ1) is 17.7. The summed E-state index contributed by atoms with van der Waals surface area (Å²) in [6.07, 6.45) is -4.58. The van der Waals surface area contributed by atoms with E-state index in [0.717, 1.165) is 12.1 Å². The molecule has 0 aliphatic rings. The molecule has 0 saturated heterocycles. The lowest BCUT2D eigenvalue weighted by molar-refractivity contribution is -0.137. The molecule has 1 aromatic rings. The minimum atomic E-state index is -4.58. The monoisotopic (exact) mass is 321 g/mol. The topological polar surface area (TPSA) is 46.2 Å². The molecule has 0 radical (unpaired) electrons. The quantitative estimate of drug-likeness (QED) is 0.927. The second kappa shape index (κ2) is 6.60. The van der Waals surface area contributed by atoms with Gasteiger partial charge in [-0.3, -0.25) is 9.00 Å². The molecule has 0 unspecified atom stereocenters. The third kappa shape index (κ3) is 5.15. The number of carbonyl (C=O) groups is 1. The molecule has 1 rings (SSSR count). The van der Waals surface area contributed by atoms with Gasteiger partial charge in [-0.1, -0.05) is 12.1 Å². The highest BCUT2D eigenvalue weighted by molar-refractivity contribution is 7.86. The molecule has 0 aromatic heterocycles. The van der Waals surface area contributed by atoms with Crippen LogP contribution in [0.4, 0.5) is 13.2 Å². The number of benzene rings is 1. The van der Waals surface area contributed by atoms with Gasteiger partial charge in [-0.15, -0.1) is 0 Å². The van der Waals surface area contributed by atoms with Crippen LogP contribution >= 0.6 is 0 Å². The van der Waals surface area contributed by atoms with Crippen molar-refractivity contribution in [3.8, 4) is 0 Å². The van der Waals surface area contributed by atoms with E-state index in [9.17, 15) is 22.2 Å². The molecule has 118 valence electrons. The molecule has 0 aliphatic heterocycles. The maximum atomic E-state index is 12.8. The molecule has 0 aliphatic carbocycles. The van der Waals surface area contributed by atoms with E-state index in [0.29, 0.717) is 0 Å². The molecule has 1 atom stereocenters. The Hall–Kier alpha value is -1.37.